The van der Waals surface area contributed by atoms with Crippen molar-refractivity contribution in [2.24, 2.45) is 5.92 Å². The Bertz CT molecular complexity index is 781. The van der Waals surface area contributed by atoms with Crippen LogP contribution in [0.25, 0.3) is 0 Å². The maximum Gasteiger partial charge on any atom is 0.242 e. The van der Waals surface area contributed by atoms with Gasteiger partial charge < -0.3 is 10.2 Å². The van der Waals surface area contributed by atoms with Crippen molar-refractivity contribution in [3.8, 4) is 0 Å². The average Bonchev–Trinajstić information content (AvgIpc) is 2.71. The van der Waals surface area contributed by atoms with Crippen molar-refractivity contribution in [3.05, 3.63) is 66.0 Å². The van der Waals surface area contributed by atoms with Gasteiger partial charge in [0.1, 0.15) is 11.9 Å². The fourth-order valence-electron chi connectivity index (χ4n) is 2.74. The van der Waals surface area contributed by atoms with Gasteiger partial charge in [-0.2, -0.15) is 0 Å². The van der Waals surface area contributed by atoms with Gasteiger partial charge in [0.2, 0.25) is 11.8 Å². The molecule has 29 heavy (non-hydrogen) atoms. The van der Waals surface area contributed by atoms with Crippen molar-refractivity contribution in [1.29, 1.82) is 0 Å². The second-order valence-electron chi connectivity index (χ2n) is 7.37. The number of carbonyl (C=O) groups excluding carboxylic acids is 2. The van der Waals surface area contributed by atoms with Crippen molar-refractivity contribution in [1.82, 2.24) is 10.2 Å². The molecular formula is C23H29FN2O2S. The average molecular weight is 417 g/mol. The van der Waals surface area contributed by atoms with Crippen LogP contribution >= 0.6 is 11.8 Å². The van der Waals surface area contributed by atoms with Gasteiger partial charge in [-0.05, 0) is 42.7 Å². The van der Waals surface area contributed by atoms with Crippen molar-refractivity contribution >= 4 is 23.6 Å². The number of benzene rings is 2. The van der Waals surface area contributed by atoms with Gasteiger partial charge in [0.15, 0.2) is 0 Å². The van der Waals surface area contributed by atoms with E-state index < -0.39 is 6.04 Å². The Morgan fingerprint density at radius 3 is 2.31 bits per heavy atom. The SMILES string of the molecule is CC(C)CNC(=O)[C@@H](C)N(Cc1ccc(F)cc1)C(=O)CCSc1ccccc1. The molecule has 0 fully saturated rings. The van der Waals surface area contributed by atoms with Gasteiger partial charge in [-0.1, -0.05) is 44.2 Å². The third-order valence-corrected chi connectivity index (χ3v) is 5.46. The molecule has 4 nitrogen and oxygen atoms in total. The van der Waals surface area contributed by atoms with Crippen molar-refractivity contribution in [2.75, 3.05) is 12.3 Å². The lowest BCUT2D eigenvalue weighted by Gasteiger charge is -2.29. The Morgan fingerprint density at radius 1 is 1.03 bits per heavy atom. The minimum atomic E-state index is -0.604. The predicted molar refractivity (Wildman–Crippen MR) is 116 cm³/mol. The first-order chi connectivity index (χ1) is 13.9. The molecule has 2 rings (SSSR count). The molecule has 0 saturated carbocycles. The number of rotatable bonds is 10. The Kier molecular flexibility index (Phi) is 9.19. The molecule has 6 heteroatoms. The normalized spacial score (nSPS) is 11.9. The minimum Gasteiger partial charge on any atom is -0.354 e. The highest BCUT2D eigenvalue weighted by molar-refractivity contribution is 7.99. The molecule has 2 aromatic carbocycles. The summed E-state index contributed by atoms with van der Waals surface area (Å²) in [4.78, 5) is 28.2. The molecule has 0 aliphatic heterocycles. The van der Waals surface area contributed by atoms with Gasteiger partial charge in [-0.25, -0.2) is 4.39 Å². The smallest absolute Gasteiger partial charge is 0.242 e. The molecule has 0 saturated heterocycles. The molecule has 0 spiro atoms. The van der Waals surface area contributed by atoms with Crippen LogP contribution in [0.2, 0.25) is 0 Å². The van der Waals surface area contributed by atoms with E-state index >= 15 is 0 Å². The summed E-state index contributed by atoms with van der Waals surface area (Å²) in [6.45, 7) is 6.61. The van der Waals surface area contributed by atoms with Crippen LogP contribution in [-0.4, -0.2) is 35.1 Å². The van der Waals surface area contributed by atoms with E-state index in [-0.39, 0.29) is 24.2 Å². The summed E-state index contributed by atoms with van der Waals surface area (Å²) < 4.78 is 13.2. The summed E-state index contributed by atoms with van der Waals surface area (Å²) in [7, 11) is 0. The maximum absolute atomic E-state index is 13.2. The van der Waals surface area contributed by atoms with Crippen LogP contribution in [0.3, 0.4) is 0 Å². The number of hydrogen-bond donors (Lipinski definition) is 1. The number of carbonyl (C=O) groups is 2. The molecule has 2 amide bonds. The predicted octanol–water partition coefficient (Wildman–Crippen LogP) is 4.50. The van der Waals surface area contributed by atoms with E-state index in [0.29, 0.717) is 24.6 Å². The molecule has 0 aromatic heterocycles. The fourth-order valence-corrected chi connectivity index (χ4v) is 3.60. The quantitative estimate of drug-likeness (QED) is 0.580. The molecule has 1 atom stereocenters. The molecular weight excluding hydrogens is 387 g/mol. The molecule has 1 N–H and O–H groups in total. The lowest BCUT2D eigenvalue weighted by Crippen LogP contribution is -2.48. The molecule has 0 bridgehead atoms. The zero-order chi connectivity index (χ0) is 21.2. The number of thioether (sulfide) groups is 1. The summed E-state index contributed by atoms with van der Waals surface area (Å²) in [6.07, 6.45) is 0.322. The van der Waals surface area contributed by atoms with E-state index in [1.54, 1.807) is 35.7 Å². The Labute approximate surface area is 176 Å². The maximum atomic E-state index is 13.2. The Balaban J connectivity index is 2.04. The Morgan fingerprint density at radius 2 is 1.69 bits per heavy atom. The molecule has 0 heterocycles. The van der Waals surface area contributed by atoms with Crippen molar-refractivity contribution in [2.45, 2.75) is 44.7 Å². The summed E-state index contributed by atoms with van der Waals surface area (Å²) in [6, 6.07) is 15.3. The largest absolute Gasteiger partial charge is 0.354 e. The summed E-state index contributed by atoms with van der Waals surface area (Å²) in [5, 5.41) is 2.90. The number of nitrogens with zero attached hydrogens (tertiary/aromatic N) is 1. The van der Waals surface area contributed by atoms with Gasteiger partial charge in [0.05, 0.1) is 0 Å². The molecule has 0 radical (unpaired) electrons. The fraction of sp³-hybridized carbons (Fsp3) is 0.391. The molecule has 156 valence electrons. The molecule has 0 unspecified atom stereocenters. The Hall–Kier alpha value is -2.34. The van der Waals surface area contributed by atoms with Crippen LogP contribution in [0, 0.1) is 11.7 Å². The highest BCUT2D eigenvalue weighted by Crippen LogP contribution is 2.19. The number of nitrogens with one attached hydrogen (secondary N) is 1. The van der Waals surface area contributed by atoms with E-state index in [4.69, 9.17) is 0 Å². The summed E-state index contributed by atoms with van der Waals surface area (Å²) in [5.41, 5.74) is 0.791. The highest BCUT2D eigenvalue weighted by Gasteiger charge is 2.25. The van der Waals surface area contributed by atoms with Crippen molar-refractivity contribution < 1.29 is 14.0 Å². The number of hydrogen-bond acceptors (Lipinski definition) is 3. The van der Waals surface area contributed by atoms with E-state index in [1.807, 2.05) is 44.2 Å². The zero-order valence-corrected chi connectivity index (χ0v) is 18.0. The van der Waals surface area contributed by atoms with Gasteiger partial charge in [0.25, 0.3) is 0 Å². The topological polar surface area (TPSA) is 49.4 Å². The zero-order valence-electron chi connectivity index (χ0n) is 17.2. The molecule has 0 aliphatic carbocycles. The van der Waals surface area contributed by atoms with Crippen LogP contribution < -0.4 is 5.32 Å². The lowest BCUT2D eigenvalue weighted by molar-refractivity contribution is -0.140. The lowest BCUT2D eigenvalue weighted by atomic mass is 10.1. The van der Waals surface area contributed by atoms with Crippen molar-refractivity contribution in [3.63, 3.8) is 0 Å². The van der Waals surface area contributed by atoms with E-state index in [2.05, 4.69) is 5.32 Å². The number of halogens is 1. The van der Waals surface area contributed by atoms with Gasteiger partial charge in [-0.3, -0.25) is 9.59 Å². The van der Waals surface area contributed by atoms with Crippen LogP contribution in [0.5, 0.6) is 0 Å². The number of amides is 2. The van der Waals surface area contributed by atoms with E-state index in [9.17, 15) is 14.0 Å². The van der Waals surface area contributed by atoms with Gasteiger partial charge in [0, 0.05) is 30.2 Å². The van der Waals surface area contributed by atoms with Crippen LogP contribution in [-0.2, 0) is 16.1 Å². The third-order valence-electron chi connectivity index (χ3n) is 4.45. The van der Waals surface area contributed by atoms with Crippen LogP contribution in [0.1, 0.15) is 32.8 Å². The van der Waals surface area contributed by atoms with Crippen LogP contribution in [0.4, 0.5) is 4.39 Å². The monoisotopic (exact) mass is 416 g/mol. The van der Waals surface area contributed by atoms with E-state index in [0.717, 1.165) is 10.5 Å². The van der Waals surface area contributed by atoms with E-state index in [1.165, 1.54) is 12.1 Å². The van der Waals surface area contributed by atoms with Crippen LogP contribution in [0.15, 0.2) is 59.5 Å². The first-order valence-corrected chi connectivity index (χ1v) is 10.8. The standard InChI is InChI=1S/C23H29FN2O2S/c1-17(2)15-25-23(28)18(3)26(16-19-9-11-20(24)12-10-19)22(27)13-14-29-21-7-5-4-6-8-21/h4-12,17-18H,13-16H2,1-3H3,(H,25,28)/t18-/m1/s1. The second-order valence-corrected chi connectivity index (χ2v) is 8.54. The summed E-state index contributed by atoms with van der Waals surface area (Å²) >= 11 is 1.61. The summed E-state index contributed by atoms with van der Waals surface area (Å²) in [5.74, 6) is 0.362. The first-order valence-electron chi connectivity index (χ1n) is 9.86. The third kappa shape index (κ3) is 7.89. The van der Waals surface area contributed by atoms with Gasteiger partial charge >= 0.3 is 0 Å². The molecule has 2 aromatic rings. The minimum absolute atomic E-state index is 0.0926. The highest BCUT2D eigenvalue weighted by atomic mass is 32.2. The second kappa shape index (κ2) is 11.6. The van der Waals surface area contributed by atoms with Gasteiger partial charge in [-0.15, -0.1) is 11.8 Å². The first kappa shape index (κ1) is 22.9. The molecule has 0 aliphatic rings.